The van der Waals surface area contributed by atoms with Crippen LogP contribution in [-0.2, 0) is 25.7 Å². The van der Waals surface area contributed by atoms with Gasteiger partial charge in [0, 0.05) is 0 Å². The molecule has 1 aromatic carbocycles. The van der Waals surface area contributed by atoms with Crippen LogP contribution in [0.25, 0.3) is 0 Å². The average molecular weight is 322 g/mol. The Balaban J connectivity index is 2.36. The predicted octanol–water partition coefficient (Wildman–Crippen LogP) is 1.37. The molecule has 0 aliphatic heterocycles. The van der Waals surface area contributed by atoms with E-state index in [0.717, 1.165) is 5.56 Å². The fraction of sp³-hybridized carbons (Fsp3) is 0.438. The first kappa shape index (κ1) is 18.5. The molecule has 1 rings (SSSR count). The number of benzene rings is 1. The van der Waals surface area contributed by atoms with Gasteiger partial charge in [0.25, 0.3) is 0 Å². The van der Waals surface area contributed by atoms with Crippen molar-refractivity contribution in [2.45, 2.75) is 39.5 Å². The van der Waals surface area contributed by atoms with Crippen molar-refractivity contribution in [1.29, 1.82) is 0 Å². The molecule has 0 fully saturated rings. The van der Waals surface area contributed by atoms with Crippen molar-refractivity contribution in [1.82, 2.24) is 10.6 Å². The van der Waals surface area contributed by atoms with Crippen LogP contribution in [0.15, 0.2) is 30.3 Å². The molecular formula is C16H22N2O5. The monoisotopic (exact) mass is 322 g/mol. The van der Waals surface area contributed by atoms with Crippen molar-refractivity contribution in [3.8, 4) is 0 Å². The normalized spacial score (nSPS) is 12.7. The number of esters is 1. The molecule has 0 bridgehead atoms. The summed E-state index contributed by atoms with van der Waals surface area (Å²) < 4.78 is 9.81. The minimum atomic E-state index is -0.838. The molecule has 2 N–H and O–H groups in total. The number of hydrogen-bond acceptors (Lipinski definition) is 5. The topological polar surface area (TPSA) is 93.7 Å². The largest absolute Gasteiger partial charge is 0.464 e. The minimum absolute atomic E-state index is 0.111. The number of amides is 2. The SMILES string of the molecule is CCOC(=O)[C@H](C)NC(=O)[C@@H](C)NC(=O)OCc1ccccc1. The Morgan fingerprint density at radius 2 is 1.65 bits per heavy atom. The Kier molecular flexibility index (Phi) is 7.59. The van der Waals surface area contributed by atoms with E-state index in [9.17, 15) is 14.4 Å². The standard InChI is InChI=1S/C16H22N2O5/c1-4-22-15(20)12(3)17-14(19)11(2)18-16(21)23-10-13-8-6-5-7-9-13/h5-9,11-12H,4,10H2,1-3H3,(H,17,19)(H,18,21)/t11-,12+/m1/s1. The molecule has 0 spiro atoms. The van der Waals surface area contributed by atoms with Crippen LogP contribution in [-0.4, -0.2) is 36.7 Å². The molecule has 0 aromatic heterocycles. The second-order valence-electron chi connectivity index (χ2n) is 4.91. The van der Waals surface area contributed by atoms with Crippen LogP contribution >= 0.6 is 0 Å². The van der Waals surface area contributed by atoms with Crippen molar-refractivity contribution in [2.75, 3.05) is 6.61 Å². The number of carbonyl (C=O) groups is 3. The molecule has 0 saturated carbocycles. The van der Waals surface area contributed by atoms with Gasteiger partial charge < -0.3 is 20.1 Å². The fourth-order valence-corrected chi connectivity index (χ4v) is 1.67. The van der Waals surface area contributed by atoms with Gasteiger partial charge in [0.05, 0.1) is 6.61 Å². The first-order valence-corrected chi connectivity index (χ1v) is 7.38. The van der Waals surface area contributed by atoms with Gasteiger partial charge >= 0.3 is 12.1 Å². The maximum absolute atomic E-state index is 11.9. The Labute approximate surface area is 135 Å². The van der Waals surface area contributed by atoms with Crippen LogP contribution in [0, 0.1) is 0 Å². The Bertz CT molecular complexity index is 533. The van der Waals surface area contributed by atoms with Crippen LogP contribution in [0.3, 0.4) is 0 Å². The third kappa shape index (κ3) is 6.82. The molecule has 0 unspecified atom stereocenters. The van der Waals surface area contributed by atoms with Gasteiger partial charge in [0.1, 0.15) is 18.7 Å². The van der Waals surface area contributed by atoms with Gasteiger partial charge in [-0.1, -0.05) is 30.3 Å². The highest BCUT2D eigenvalue weighted by Crippen LogP contribution is 2.00. The zero-order valence-corrected chi connectivity index (χ0v) is 13.5. The van der Waals surface area contributed by atoms with E-state index in [0.29, 0.717) is 0 Å². The van der Waals surface area contributed by atoms with Crippen molar-refractivity contribution in [3.63, 3.8) is 0 Å². The summed E-state index contributed by atoms with van der Waals surface area (Å²) in [5.74, 6) is -1.03. The third-order valence-corrected chi connectivity index (χ3v) is 2.94. The summed E-state index contributed by atoms with van der Waals surface area (Å²) in [7, 11) is 0. The van der Waals surface area contributed by atoms with E-state index in [1.165, 1.54) is 13.8 Å². The molecule has 0 aliphatic carbocycles. The Morgan fingerprint density at radius 1 is 1.00 bits per heavy atom. The molecule has 2 amide bonds. The molecular weight excluding hydrogens is 300 g/mol. The van der Waals surface area contributed by atoms with Crippen LogP contribution < -0.4 is 10.6 Å². The van der Waals surface area contributed by atoms with Gasteiger partial charge in [-0.2, -0.15) is 0 Å². The lowest BCUT2D eigenvalue weighted by Gasteiger charge is -2.17. The molecule has 0 saturated heterocycles. The van der Waals surface area contributed by atoms with Gasteiger partial charge in [-0.25, -0.2) is 9.59 Å². The van der Waals surface area contributed by atoms with Gasteiger partial charge in [-0.05, 0) is 26.3 Å². The summed E-state index contributed by atoms with van der Waals surface area (Å²) in [6.45, 7) is 5.03. The van der Waals surface area contributed by atoms with Crippen LogP contribution in [0.1, 0.15) is 26.3 Å². The number of alkyl carbamates (subject to hydrolysis) is 1. The molecule has 0 heterocycles. The Hall–Kier alpha value is -2.57. The van der Waals surface area contributed by atoms with Crippen LogP contribution in [0.5, 0.6) is 0 Å². The summed E-state index contributed by atoms with van der Waals surface area (Å²) >= 11 is 0. The van der Waals surface area contributed by atoms with E-state index in [2.05, 4.69) is 10.6 Å². The first-order chi connectivity index (χ1) is 10.9. The van der Waals surface area contributed by atoms with Gasteiger partial charge in [0.2, 0.25) is 5.91 Å². The quantitative estimate of drug-likeness (QED) is 0.740. The molecule has 0 aliphatic rings. The lowest BCUT2D eigenvalue weighted by molar-refractivity contribution is -0.147. The lowest BCUT2D eigenvalue weighted by Crippen LogP contribution is -2.49. The summed E-state index contributed by atoms with van der Waals surface area (Å²) in [6.07, 6.45) is -0.708. The second-order valence-corrected chi connectivity index (χ2v) is 4.91. The van der Waals surface area contributed by atoms with E-state index in [1.54, 1.807) is 6.92 Å². The molecule has 126 valence electrons. The van der Waals surface area contributed by atoms with E-state index in [-0.39, 0.29) is 13.2 Å². The molecule has 0 radical (unpaired) electrons. The summed E-state index contributed by atoms with van der Waals surface area (Å²) in [5.41, 5.74) is 0.843. The highest BCUT2D eigenvalue weighted by atomic mass is 16.5. The number of ether oxygens (including phenoxy) is 2. The summed E-state index contributed by atoms with van der Waals surface area (Å²) in [5, 5.41) is 4.86. The van der Waals surface area contributed by atoms with Gasteiger partial charge in [0.15, 0.2) is 0 Å². The molecule has 23 heavy (non-hydrogen) atoms. The van der Waals surface area contributed by atoms with Crippen molar-refractivity contribution in [2.24, 2.45) is 0 Å². The zero-order valence-electron chi connectivity index (χ0n) is 13.5. The molecule has 7 nitrogen and oxygen atoms in total. The van der Waals surface area contributed by atoms with Crippen LogP contribution in [0.2, 0.25) is 0 Å². The average Bonchev–Trinajstić information content (AvgIpc) is 2.54. The van der Waals surface area contributed by atoms with E-state index in [4.69, 9.17) is 9.47 Å². The van der Waals surface area contributed by atoms with Crippen molar-refractivity contribution in [3.05, 3.63) is 35.9 Å². The molecule has 7 heteroatoms. The second kappa shape index (κ2) is 9.45. The fourth-order valence-electron chi connectivity index (χ4n) is 1.67. The van der Waals surface area contributed by atoms with E-state index in [1.807, 2.05) is 30.3 Å². The zero-order chi connectivity index (χ0) is 17.2. The molecule has 1 aromatic rings. The number of carbonyl (C=O) groups excluding carboxylic acids is 3. The molecule has 2 atom stereocenters. The van der Waals surface area contributed by atoms with Crippen molar-refractivity contribution >= 4 is 18.0 Å². The summed E-state index contributed by atoms with van der Waals surface area (Å²) in [6, 6.07) is 7.56. The first-order valence-electron chi connectivity index (χ1n) is 7.38. The van der Waals surface area contributed by atoms with Crippen LogP contribution in [0.4, 0.5) is 4.79 Å². The lowest BCUT2D eigenvalue weighted by atomic mass is 10.2. The third-order valence-electron chi connectivity index (χ3n) is 2.94. The van der Waals surface area contributed by atoms with Crippen molar-refractivity contribution < 1.29 is 23.9 Å². The number of rotatable bonds is 7. The Morgan fingerprint density at radius 3 is 2.26 bits per heavy atom. The highest BCUT2D eigenvalue weighted by molar-refractivity contribution is 5.89. The smallest absolute Gasteiger partial charge is 0.408 e. The van der Waals surface area contributed by atoms with E-state index >= 15 is 0 Å². The predicted molar refractivity (Wildman–Crippen MR) is 83.5 cm³/mol. The summed E-state index contributed by atoms with van der Waals surface area (Å²) in [4.78, 5) is 35.0. The number of nitrogens with one attached hydrogen (secondary N) is 2. The highest BCUT2D eigenvalue weighted by Gasteiger charge is 2.21. The minimum Gasteiger partial charge on any atom is -0.464 e. The van der Waals surface area contributed by atoms with Gasteiger partial charge in [-0.3, -0.25) is 4.79 Å². The maximum Gasteiger partial charge on any atom is 0.408 e. The maximum atomic E-state index is 11.9. The number of hydrogen-bond donors (Lipinski definition) is 2. The van der Waals surface area contributed by atoms with E-state index < -0.39 is 30.1 Å². The van der Waals surface area contributed by atoms with Gasteiger partial charge in [-0.15, -0.1) is 0 Å².